The van der Waals surface area contributed by atoms with Crippen LogP contribution in [0.15, 0.2) is 24.3 Å². The molecule has 0 unspecified atom stereocenters. The maximum absolute atomic E-state index is 12.1. The molecule has 0 atom stereocenters. The Morgan fingerprint density at radius 3 is 2.53 bits per heavy atom. The standard InChI is InChI=1S/C12H16N2O4S/c15-12(16)10-5-4-6-11(9-10)13-19(17,18)14-7-2-1-3-8-14/h4-6,9,13H,1-3,7-8H2,(H,15,16). The summed E-state index contributed by atoms with van der Waals surface area (Å²) in [5, 5.41) is 8.87. The van der Waals surface area contributed by atoms with Crippen molar-refractivity contribution in [2.75, 3.05) is 17.8 Å². The lowest BCUT2D eigenvalue weighted by atomic mass is 10.2. The highest BCUT2D eigenvalue weighted by Crippen LogP contribution is 2.17. The van der Waals surface area contributed by atoms with Gasteiger partial charge in [-0.15, -0.1) is 0 Å². The molecule has 0 spiro atoms. The molecule has 0 saturated carbocycles. The predicted molar refractivity (Wildman–Crippen MR) is 71.4 cm³/mol. The third-order valence-electron chi connectivity index (χ3n) is 3.01. The zero-order valence-electron chi connectivity index (χ0n) is 10.4. The van der Waals surface area contributed by atoms with Crippen molar-refractivity contribution >= 4 is 21.9 Å². The SMILES string of the molecule is O=C(O)c1cccc(NS(=O)(=O)N2CCCCC2)c1. The molecule has 0 amide bonds. The minimum Gasteiger partial charge on any atom is -0.478 e. The van der Waals surface area contributed by atoms with Crippen molar-refractivity contribution in [3.8, 4) is 0 Å². The van der Waals surface area contributed by atoms with E-state index in [9.17, 15) is 13.2 Å². The van der Waals surface area contributed by atoms with Gasteiger partial charge in [-0.3, -0.25) is 4.72 Å². The minimum absolute atomic E-state index is 0.0545. The summed E-state index contributed by atoms with van der Waals surface area (Å²) in [5.74, 6) is -1.08. The molecule has 19 heavy (non-hydrogen) atoms. The van der Waals surface area contributed by atoms with Crippen molar-refractivity contribution in [2.45, 2.75) is 19.3 Å². The number of nitrogens with zero attached hydrogens (tertiary/aromatic N) is 1. The molecule has 1 fully saturated rings. The van der Waals surface area contributed by atoms with Gasteiger partial charge >= 0.3 is 16.2 Å². The first-order chi connectivity index (χ1) is 8.99. The van der Waals surface area contributed by atoms with Crippen LogP contribution in [0.3, 0.4) is 0 Å². The Labute approximate surface area is 112 Å². The first kappa shape index (κ1) is 13.8. The van der Waals surface area contributed by atoms with E-state index in [4.69, 9.17) is 5.11 Å². The zero-order valence-corrected chi connectivity index (χ0v) is 11.2. The Balaban J connectivity index is 2.15. The maximum atomic E-state index is 12.1. The highest BCUT2D eigenvalue weighted by molar-refractivity contribution is 7.90. The molecule has 2 rings (SSSR count). The van der Waals surface area contributed by atoms with Gasteiger partial charge in [0.05, 0.1) is 11.3 Å². The molecule has 6 nitrogen and oxygen atoms in total. The van der Waals surface area contributed by atoms with Crippen LogP contribution in [0.25, 0.3) is 0 Å². The van der Waals surface area contributed by atoms with Crippen molar-refractivity contribution in [3.05, 3.63) is 29.8 Å². The molecule has 1 saturated heterocycles. The Morgan fingerprint density at radius 1 is 1.21 bits per heavy atom. The molecule has 0 aromatic heterocycles. The number of benzene rings is 1. The highest BCUT2D eigenvalue weighted by atomic mass is 32.2. The molecule has 0 aliphatic carbocycles. The molecule has 0 radical (unpaired) electrons. The fourth-order valence-electron chi connectivity index (χ4n) is 2.03. The molecule has 1 aliphatic heterocycles. The first-order valence-corrected chi connectivity index (χ1v) is 7.54. The van der Waals surface area contributed by atoms with E-state index in [2.05, 4.69) is 4.72 Å². The number of nitrogens with one attached hydrogen (secondary N) is 1. The number of anilines is 1. The van der Waals surface area contributed by atoms with E-state index >= 15 is 0 Å². The molecule has 1 heterocycles. The van der Waals surface area contributed by atoms with Crippen LogP contribution in [-0.2, 0) is 10.2 Å². The van der Waals surface area contributed by atoms with Gasteiger partial charge in [-0.25, -0.2) is 4.79 Å². The van der Waals surface area contributed by atoms with Crippen LogP contribution in [0.2, 0.25) is 0 Å². The zero-order chi connectivity index (χ0) is 13.9. The molecule has 7 heteroatoms. The van der Waals surface area contributed by atoms with Crippen LogP contribution in [0.4, 0.5) is 5.69 Å². The topological polar surface area (TPSA) is 86.7 Å². The second-order valence-electron chi connectivity index (χ2n) is 4.45. The Kier molecular flexibility index (Phi) is 4.06. The number of aromatic carboxylic acids is 1. The van der Waals surface area contributed by atoms with Crippen LogP contribution < -0.4 is 4.72 Å². The van der Waals surface area contributed by atoms with Gasteiger partial charge in [0.1, 0.15) is 0 Å². The molecule has 104 valence electrons. The van der Waals surface area contributed by atoms with Gasteiger partial charge in [0.25, 0.3) is 0 Å². The molecule has 2 N–H and O–H groups in total. The van der Waals surface area contributed by atoms with Crippen LogP contribution in [0.5, 0.6) is 0 Å². The quantitative estimate of drug-likeness (QED) is 0.877. The molecule has 1 aromatic carbocycles. The average Bonchev–Trinajstić information content (AvgIpc) is 2.39. The summed E-state index contributed by atoms with van der Waals surface area (Å²) in [7, 11) is -3.59. The summed E-state index contributed by atoms with van der Waals surface area (Å²) in [6.45, 7) is 1.02. The summed E-state index contributed by atoms with van der Waals surface area (Å²) < 4.78 is 28.0. The van der Waals surface area contributed by atoms with Gasteiger partial charge in [-0.2, -0.15) is 12.7 Å². The molecular weight excluding hydrogens is 268 g/mol. The van der Waals surface area contributed by atoms with Crippen molar-refractivity contribution in [2.24, 2.45) is 0 Å². The summed E-state index contributed by atoms with van der Waals surface area (Å²) in [6.07, 6.45) is 2.76. The lowest BCUT2D eigenvalue weighted by molar-refractivity contribution is 0.0697. The molecule has 1 aliphatic rings. The Bertz CT molecular complexity index is 565. The number of hydrogen-bond acceptors (Lipinski definition) is 3. The summed E-state index contributed by atoms with van der Waals surface area (Å²) in [4.78, 5) is 10.8. The van der Waals surface area contributed by atoms with Gasteiger partial charge in [0.15, 0.2) is 0 Å². The van der Waals surface area contributed by atoms with E-state index in [-0.39, 0.29) is 11.3 Å². The lowest BCUT2D eigenvalue weighted by Crippen LogP contribution is -2.39. The van der Waals surface area contributed by atoms with Gasteiger partial charge in [-0.05, 0) is 31.0 Å². The van der Waals surface area contributed by atoms with E-state index in [1.165, 1.54) is 28.6 Å². The summed E-state index contributed by atoms with van der Waals surface area (Å²) in [5.41, 5.74) is 0.323. The van der Waals surface area contributed by atoms with Crippen molar-refractivity contribution in [3.63, 3.8) is 0 Å². The van der Waals surface area contributed by atoms with Gasteiger partial charge in [-0.1, -0.05) is 12.5 Å². The number of carboxylic acids is 1. The molecule has 0 bridgehead atoms. The van der Waals surface area contributed by atoms with Crippen molar-refractivity contribution in [1.29, 1.82) is 0 Å². The number of piperidine rings is 1. The number of rotatable bonds is 4. The first-order valence-electron chi connectivity index (χ1n) is 6.10. The second-order valence-corrected chi connectivity index (χ2v) is 6.12. The average molecular weight is 284 g/mol. The Hall–Kier alpha value is -1.60. The third kappa shape index (κ3) is 3.45. The van der Waals surface area contributed by atoms with Crippen LogP contribution in [0.1, 0.15) is 29.6 Å². The van der Waals surface area contributed by atoms with E-state index in [1.807, 2.05) is 0 Å². The number of hydrogen-bond donors (Lipinski definition) is 2. The third-order valence-corrected chi connectivity index (χ3v) is 4.55. The van der Waals surface area contributed by atoms with Crippen LogP contribution in [0, 0.1) is 0 Å². The lowest BCUT2D eigenvalue weighted by Gasteiger charge is -2.26. The van der Waals surface area contributed by atoms with Crippen molar-refractivity contribution in [1.82, 2.24) is 4.31 Å². The fourth-order valence-corrected chi connectivity index (χ4v) is 3.33. The van der Waals surface area contributed by atoms with E-state index in [0.29, 0.717) is 13.1 Å². The monoisotopic (exact) mass is 284 g/mol. The van der Waals surface area contributed by atoms with E-state index < -0.39 is 16.2 Å². The van der Waals surface area contributed by atoms with E-state index in [0.717, 1.165) is 19.3 Å². The molecule has 1 aromatic rings. The van der Waals surface area contributed by atoms with Gasteiger partial charge < -0.3 is 5.11 Å². The predicted octanol–water partition coefficient (Wildman–Crippen LogP) is 1.53. The van der Waals surface area contributed by atoms with Crippen LogP contribution >= 0.6 is 0 Å². The highest BCUT2D eigenvalue weighted by Gasteiger charge is 2.23. The summed E-state index contributed by atoms with van der Waals surface area (Å²) in [6, 6.07) is 5.77. The molecular formula is C12H16N2O4S. The minimum atomic E-state index is -3.59. The normalized spacial score (nSPS) is 17.1. The van der Waals surface area contributed by atoms with Crippen LogP contribution in [-0.4, -0.2) is 36.9 Å². The largest absolute Gasteiger partial charge is 0.478 e. The van der Waals surface area contributed by atoms with Crippen molar-refractivity contribution < 1.29 is 18.3 Å². The second kappa shape index (κ2) is 5.58. The van der Waals surface area contributed by atoms with E-state index in [1.54, 1.807) is 0 Å². The van der Waals surface area contributed by atoms with Gasteiger partial charge in [0, 0.05) is 13.1 Å². The van der Waals surface area contributed by atoms with Gasteiger partial charge in [0.2, 0.25) is 0 Å². The number of carboxylic acid groups (broad SMARTS) is 1. The smallest absolute Gasteiger partial charge is 0.335 e. The number of carbonyl (C=O) groups is 1. The maximum Gasteiger partial charge on any atom is 0.335 e. The summed E-state index contributed by atoms with van der Waals surface area (Å²) >= 11 is 0. The Morgan fingerprint density at radius 2 is 1.89 bits per heavy atom. The fraction of sp³-hybridized carbons (Fsp3) is 0.417.